The maximum Gasteiger partial charge on any atom is 0.305 e. The SMILES string of the molecule is CCOC(=O)CCCNC(=O)CCC1CCNCC1.Cl. The minimum Gasteiger partial charge on any atom is -0.466 e. The molecule has 1 aliphatic heterocycles. The molecular formula is C14H27ClN2O3. The monoisotopic (exact) mass is 306 g/mol. The number of hydrogen-bond donors (Lipinski definition) is 2. The number of ether oxygens (including phenoxy) is 1. The van der Waals surface area contributed by atoms with E-state index in [1.54, 1.807) is 6.92 Å². The minimum atomic E-state index is -0.188. The van der Waals surface area contributed by atoms with Gasteiger partial charge in [-0.05, 0) is 51.6 Å². The Morgan fingerprint density at radius 2 is 1.95 bits per heavy atom. The molecule has 0 unspecified atom stereocenters. The second-order valence-corrected chi connectivity index (χ2v) is 4.99. The van der Waals surface area contributed by atoms with Gasteiger partial charge < -0.3 is 15.4 Å². The fourth-order valence-corrected chi connectivity index (χ4v) is 2.29. The van der Waals surface area contributed by atoms with Gasteiger partial charge in [-0.1, -0.05) is 0 Å². The maximum absolute atomic E-state index is 11.6. The van der Waals surface area contributed by atoms with E-state index in [9.17, 15) is 9.59 Å². The second-order valence-electron chi connectivity index (χ2n) is 4.99. The molecule has 1 rings (SSSR count). The molecule has 0 aromatic carbocycles. The number of esters is 1. The first-order chi connectivity index (χ1) is 9.22. The molecule has 6 heteroatoms. The highest BCUT2D eigenvalue weighted by molar-refractivity contribution is 5.85. The van der Waals surface area contributed by atoms with Crippen LogP contribution in [0.25, 0.3) is 0 Å². The third-order valence-electron chi connectivity index (χ3n) is 3.42. The molecule has 1 heterocycles. The normalized spacial score (nSPS) is 15.2. The van der Waals surface area contributed by atoms with Crippen LogP contribution in [0, 0.1) is 5.92 Å². The first-order valence-electron chi connectivity index (χ1n) is 7.35. The first-order valence-corrected chi connectivity index (χ1v) is 7.35. The van der Waals surface area contributed by atoms with Crippen molar-refractivity contribution in [1.82, 2.24) is 10.6 Å². The van der Waals surface area contributed by atoms with Crippen molar-refractivity contribution in [2.24, 2.45) is 5.92 Å². The van der Waals surface area contributed by atoms with Crippen molar-refractivity contribution >= 4 is 24.3 Å². The van der Waals surface area contributed by atoms with Crippen molar-refractivity contribution in [3.63, 3.8) is 0 Å². The summed E-state index contributed by atoms with van der Waals surface area (Å²) in [6, 6.07) is 0. The van der Waals surface area contributed by atoms with Gasteiger partial charge in [0.1, 0.15) is 0 Å². The van der Waals surface area contributed by atoms with Crippen LogP contribution in [0.4, 0.5) is 0 Å². The summed E-state index contributed by atoms with van der Waals surface area (Å²) in [4.78, 5) is 22.7. The molecule has 1 aliphatic rings. The Morgan fingerprint density at radius 1 is 1.25 bits per heavy atom. The van der Waals surface area contributed by atoms with Gasteiger partial charge in [0.2, 0.25) is 5.91 Å². The van der Waals surface area contributed by atoms with Gasteiger partial charge in [0.15, 0.2) is 0 Å². The van der Waals surface area contributed by atoms with Crippen LogP contribution in [-0.2, 0) is 14.3 Å². The van der Waals surface area contributed by atoms with E-state index in [1.165, 1.54) is 12.8 Å². The predicted molar refractivity (Wildman–Crippen MR) is 81.0 cm³/mol. The van der Waals surface area contributed by atoms with Crippen LogP contribution >= 0.6 is 12.4 Å². The molecule has 0 aliphatic carbocycles. The number of piperidine rings is 1. The van der Waals surface area contributed by atoms with Crippen LogP contribution < -0.4 is 10.6 Å². The molecule has 5 nitrogen and oxygen atoms in total. The number of carbonyl (C=O) groups excluding carboxylic acids is 2. The summed E-state index contributed by atoms with van der Waals surface area (Å²) < 4.78 is 4.82. The summed E-state index contributed by atoms with van der Waals surface area (Å²) in [7, 11) is 0. The molecule has 0 bridgehead atoms. The standard InChI is InChI=1S/C14H26N2O3.ClH/c1-2-19-14(18)4-3-9-16-13(17)6-5-12-7-10-15-11-8-12;/h12,15H,2-11H2,1H3,(H,16,17);1H. The summed E-state index contributed by atoms with van der Waals surface area (Å²) >= 11 is 0. The smallest absolute Gasteiger partial charge is 0.305 e. The Labute approximate surface area is 127 Å². The average Bonchev–Trinajstić information content (AvgIpc) is 2.43. The van der Waals surface area contributed by atoms with Crippen LogP contribution in [0.1, 0.15) is 45.4 Å². The van der Waals surface area contributed by atoms with E-state index in [0.717, 1.165) is 19.5 Å². The van der Waals surface area contributed by atoms with Gasteiger partial charge in [-0.2, -0.15) is 0 Å². The Hall–Kier alpha value is -0.810. The predicted octanol–water partition coefficient (Wildman–Crippen LogP) is 1.65. The summed E-state index contributed by atoms with van der Waals surface area (Å²) in [6.45, 7) is 4.92. The van der Waals surface area contributed by atoms with Gasteiger partial charge in [-0.3, -0.25) is 9.59 Å². The Morgan fingerprint density at radius 3 is 2.60 bits per heavy atom. The van der Waals surface area contributed by atoms with E-state index < -0.39 is 0 Å². The van der Waals surface area contributed by atoms with Gasteiger partial charge in [0, 0.05) is 19.4 Å². The zero-order chi connectivity index (χ0) is 13.9. The Kier molecular flexibility index (Phi) is 11.5. The number of amides is 1. The minimum absolute atomic E-state index is 0. The third-order valence-corrected chi connectivity index (χ3v) is 3.42. The quantitative estimate of drug-likeness (QED) is 0.528. The molecule has 0 radical (unpaired) electrons. The lowest BCUT2D eigenvalue weighted by molar-refractivity contribution is -0.143. The van der Waals surface area contributed by atoms with Crippen molar-refractivity contribution in [3.05, 3.63) is 0 Å². The van der Waals surface area contributed by atoms with E-state index in [2.05, 4.69) is 10.6 Å². The van der Waals surface area contributed by atoms with Crippen LogP contribution in [0.15, 0.2) is 0 Å². The molecule has 2 N–H and O–H groups in total. The molecule has 1 amide bonds. The molecular weight excluding hydrogens is 280 g/mol. The Balaban J connectivity index is 0.00000361. The zero-order valence-corrected chi connectivity index (χ0v) is 13.1. The highest BCUT2D eigenvalue weighted by Gasteiger charge is 2.14. The summed E-state index contributed by atoms with van der Waals surface area (Å²) in [5.74, 6) is 0.598. The molecule has 20 heavy (non-hydrogen) atoms. The van der Waals surface area contributed by atoms with Crippen molar-refractivity contribution in [2.75, 3.05) is 26.2 Å². The molecule has 1 fully saturated rings. The van der Waals surface area contributed by atoms with E-state index in [0.29, 0.717) is 38.3 Å². The number of rotatable bonds is 8. The fourth-order valence-electron chi connectivity index (χ4n) is 2.29. The molecule has 0 aromatic rings. The molecule has 0 spiro atoms. The largest absolute Gasteiger partial charge is 0.466 e. The lowest BCUT2D eigenvalue weighted by Gasteiger charge is -2.22. The Bertz CT molecular complexity index is 282. The van der Waals surface area contributed by atoms with E-state index in [4.69, 9.17) is 4.74 Å². The van der Waals surface area contributed by atoms with Gasteiger partial charge in [0.05, 0.1) is 6.61 Å². The van der Waals surface area contributed by atoms with Crippen LogP contribution in [0.3, 0.4) is 0 Å². The van der Waals surface area contributed by atoms with Crippen molar-refractivity contribution in [2.45, 2.75) is 45.4 Å². The molecule has 0 atom stereocenters. The van der Waals surface area contributed by atoms with Crippen LogP contribution in [0.5, 0.6) is 0 Å². The highest BCUT2D eigenvalue weighted by atomic mass is 35.5. The van der Waals surface area contributed by atoms with Gasteiger partial charge >= 0.3 is 5.97 Å². The van der Waals surface area contributed by atoms with Crippen molar-refractivity contribution < 1.29 is 14.3 Å². The topological polar surface area (TPSA) is 67.4 Å². The highest BCUT2D eigenvalue weighted by Crippen LogP contribution is 2.17. The van der Waals surface area contributed by atoms with E-state index >= 15 is 0 Å². The number of hydrogen-bond acceptors (Lipinski definition) is 4. The fraction of sp³-hybridized carbons (Fsp3) is 0.857. The van der Waals surface area contributed by atoms with Crippen LogP contribution in [-0.4, -0.2) is 38.1 Å². The summed E-state index contributed by atoms with van der Waals surface area (Å²) in [5, 5.41) is 6.18. The molecule has 1 saturated heterocycles. The van der Waals surface area contributed by atoms with E-state index in [-0.39, 0.29) is 24.3 Å². The van der Waals surface area contributed by atoms with Crippen molar-refractivity contribution in [3.8, 4) is 0 Å². The third kappa shape index (κ3) is 9.15. The zero-order valence-electron chi connectivity index (χ0n) is 12.3. The number of nitrogens with one attached hydrogen (secondary N) is 2. The number of halogens is 1. The van der Waals surface area contributed by atoms with Gasteiger partial charge in [-0.15, -0.1) is 12.4 Å². The lowest BCUT2D eigenvalue weighted by atomic mass is 9.93. The van der Waals surface area contributed by atoms with Crippen LogP contribution in [0.2, 0.25) is 0 Å². The average molecular weight is 307 g/mol. The molecule has 0 saturated carbocycles. The van der Waals surface area contributed by atoms with Gasteiger partial charge in [0.25, 0.3) is 0 Å². The number of carbonyl (C=O) groups is 2. The summed E-state index contributed by atoms with van der Waals surface area (Å²) in [5.41, 5.74) is 0. The van der Waals surface area contributed by atoms with Crippen molar-refractivity contribution in [1.29, 1.82) is 0 Å². The van der Waals surface area contributed by atoms with E-state index in [1.807, 2.05) is 0 Å². The second kappa shape index (κ2) is 12.0. The van der Waals surface area contributed by atoms with Gasteiger partial charge in [-0.25, -0.2) is 0 Å². The maximum atomic E-state index is 11.6. The lowest BCUT2D eigenvalue weighted by Crippen LogP contribution is -2.29. The molecule has 118 valence electrons. The summed E-state index contributed by atoms with van der Waals surface area (Å²) in [6.07, 6.45) is 4.96. The first kappa shape index (κ1) is 19.2. The molecule has 0 aromatic heterocycles.